The van der Waals surface area contributed by atoms with Gasteiger partial charge < -0.3 is 15.2 Å². The van der Waals surface area contributed by atoms with Crippen LogP contribution in [0.4, 0.5) is 16.2 Å². The number of benzene rings is 2. The van der Waals surface area contributed by atoms with E-state index in [-0.39, 0.29) is 6.03 Å². The second-order valence-corrected chi connectivity index (χ2v) is 7.29. The summed E-state index contributed by atoms with van der Waals surface area (Å²) in [5, 5.41) is 6.29. The van der Waals surface area contributed by atoms with Crippen molar-refractivity contribution >= 4 is 29.0 Å². The number of anilines is 2. The van der Waals surface area contributed by atoms with E-state index in [4.69, 9.17) is 11.6 Å². The molecule has 30 heavy (non-hydrogen) atoms. The largest absolute Gasteiger partial charge is 0.327 e. The molecule has 4 aromatic rings. The molecule has 0 unspecified atom stereocenters. The molecular formula is C23H20ClN5O. The fourth-order valence-corrected chi connectivity index (χ4v) is 3.33. The summed E-state index contributed by atoms with van der Waals surface area (Å²) in [6.07, 6.45) is 7.21. The molecule has 0 spiro atoms. The first-order chi connectivity index (χ1) is 14.6. The number of halogens is 1. The Balaban J connectivity index is 1.47. The average molecular weight is 418 g/mol. The molecule has 150 valence electrons. The van der Waals surface area contributed by atoms with Crippen LogP contribution in [-0.4, -0.2) is 20.6 Å². The zero-order chi connectivity index (χ0) is 20.9. The van der Waals surface area contributed by atoms with Gasteiger partial charge in [-0.2, -0.15) is 0 Å². The number of pyridine rings is 1. The van der Waals surface area contributed by atoms with Gasteiger partial charge in [-0.1, -0.05) is 29.8 Å². The molecule has 0 bridgehead atoms. The lowest BCUT2D eigenvalue weighted by molar-refractivity contribution is 0.262. The van der Waals surface area contributed by atoms with Gasteiger partial charge in [0.2, 0.25) is 0 Å². The van der Waals surface area contributed by atoms with E-state index in [2.05, 4.69) is 25.2 Å². The molecule has 0 aliphatic carbocycles. The molecule has 2 aromatic carbocycles. The zero-order valence-corrected chi connectivity index (χ0v) is 17.1. The molecule has 2 amide bonds. The predicted octanol–water partition coefficient (Wildman–Crippen LogP) is 5.60. The summed E-state index contributed by atoms with van der Waals surface area (Å²) in [5.41, 5.74) is 4.36. The van der Waals surface area contributed by atoms with Crippen molar-refractivity contribution in [1.29, 1.82) is 0 Å². The molecule has 0 fully saturated rings. The van der Waals surface area contributed by atoms with Crippen LogP contribution in [0.25, 0.3) is 11.4 Å². The van der Waals surface area contributed by atoms with Gasteiger partial charge >= 0.3 is 6.03 Å². The number of aromatic nitrogens is 3. The van der Waals surface area contributed by atoms with Gasteiger partial charge in [-0.15, -0.1) is 0 Å². The van der Waals surface area contributed by atoms with Crippen LogP contribution in [0.2, 0.25) is 5.02 Å². The van der Waals surface area contributed by atoms with Crippen LogP contribution in [0.15, 0.2) is 79.4 Å². The Bertz CT molecular complexity index is 1170. The Morgan fingerprint density at radius 3 is 2.70 bits per heavy atom. The monoisotopic (exact) mass is 417 g/mol. The standard InChI is InChI=1S/C23H20ClN5O/c1-16-5-6-19(24)14-21(16)28-23(30)27-20-4-2-3-17(13-20)15-29-12-11-26-22(29)18-7-9-25-10-8-18/h2-14H,15H2,1H3,(H2,27,28,30). The number of nitrogens with zero attached hydrogens (tertiary/aromatic N) is 3. The third-order valence-corrected chi connectivity index (χ3v) is 4.87. The zero-order valence-electron chi connectivity index (χ0n) is 16.3. The van der Waals surface area contributed by atoms with Gasteiger partial charge in [0, 0.05) is 53.3 Å². The fourth-order valence-electron chi connectivity index (χ4n) is 3.16. The molecule has 4 rings (SSSR count). The Labute approximate surface area is 179 Å². The topological polar surface area (TPSA) is 71.8 Å². The van der Waals surface area contributed by atoms with Crippen LogP contribution in [0, 0.1) is 6.92 Å². The first-order valence-corrected chi connectivity index (χ1v) is 9.81. The van der Waals surface area contributed by atoms with Crippen molar-refractivity contribution in [3.05, 3.63) is 95.5 Å². The highest BCUT2D eigenvalue weighted by atomic mass is 35.5. The molecule has 7 heteroatoms. The van der Waals surface area contributed by atoms with E-state index in [1.54, 1.807) is 30.7 Å². The van der Waals surface area contributed by atoms with E-state index >= 15 is 0 Å². The Morgan fingerprint density at radius 1 is 1.03 bits per heavy atom. The van der Waals surface area contributed by atoms with Crippen LogP contribution < -0.4 is 10.6 Å². The van der Waals surface area contributed by atoms with Crippen LogP contribution in [0.3, 0.4) is 0 Å². The van der Waals surface area contributed by atoms with Crippen molar-refractivity contribution in [2.75, 3.05) is 10.6 Å². The number of aryl methyl sites for hydroxylation is 1. The summed E-state index contributed by atoms with van der Waals surface area (Å²) in [6.45, 7) is 2.54. The number of rotatable bonds is 5. The lowest BCUT2D eigenvalue weighted by Gasteiger charge is -2.12. The van der Waals surface area contributed by atoms with Gasteiger partial charge in [0.1, 0.15) is 5.82 Å². The molecule has 2 aromatic heterocycles. The minimum Gasteiger partial charge on any atom is -0.327 e. The van der Waals surface area contributed by atoms with Crippen molar-refractivity contribution in [3.63, 3.8) is 0 Å². The van der Waals surface area contributed by atoms with Crippen LogP contribution in [0.5, 0.6) is 0 Å². The maximum Gasteiger partial charge on any atom is 0.323 e. The Kier molecular flexibility index (Phi) is 5.77. The van der Waals surface area contributed by atoms with E-state index in [1.165, 1.54) is 0 Å². The SMILES string of the molecule is Cc1ccc(Cl)cc1NC(=O)Nc1cccc(Cn2ccnc2-c2ccncc2)c1. The minimum atomic E-state index is -0.322. The number of nitrogens with one attached hydrogen (secondary N) is 2. The van der Waals surface area contributed by atoms with Gasteiger partial charge in [0.25, 0.3) is 0 Å². The smallest absolute Gasteiger partial charge is 0.323 e. The van der Waals surface area contributed by atoms with Gasteiger partial charge in [-0.3, -0.25) is 4.98 Å². The summed E-state index contributed by atoms with van der Waals surface area (Å²) < 4.78 is 2.06. The number of hydrogen-bond donors (Lipinski definition) is 2. The summed E-state index contributed by atoms with van der Waals surface area (Å²) >= 11 is 6.02. The van der Waals surface area contributed by atoms with Crippen molar-refractivity contribution in [1.82, 2.24) is 14.5 Å². The van der Waals surface area contributed by atoms with E-state index in [1.807, 2.05) is 55.6 Å². The summed E-state index contributed by atoms with van der Waals surface area (Å²) in [5.74, 6) is 0.866. The number of carbonyl (C=O) groups excluding carboxylic acids is 1. The molecule has 0 aliphatic rings. The maximum atomic E-state index is 12.4. The molecule has 0 aliphatic heterocycles. The first-order valence-electron chi connectivity index (χ1n) is 9.43. The second-order valence-electron chi connectivity index (χ2n) is 6.85. The molecule has 0 saturated carbocycles. The summed E-state index contributed by atoms with van der Waals surface area (Å²) in [6, 6.07) is 16.7. The highest BCUT2D eigenvalue weighted by Gasteiger charge is 2.09. The quantitative estimate of drug-likeness (QED) is 0.444. The summed E-state index contributed by atoms with van der Waals surface area (Å²) in [4.78, 5) is 20.9. The molecule has 0 atom stereocenters. The van der Waals surface area contributed by atoms with E-state index < -0.39 is 0 Å². The third kappa shape index (κ3) is 4.67. The van der Waals surface area contributed by atoms with Crippen molar-refractivity contribution in [3.8, 4) is 11.4 Å². The van der Waals surface area contributed by atoms with Crippen LogP contribution in [-0.2, 0) is 6.54 Å². The van der Waals surface area contributed by atoms with Crippen molar-refractivity contribution < 1.29 is 4.79 Å². The number of carbonyl (C=O) groups is 1. The molecule has 0 radical (unpaired) electrons. The number of amides is 2. The Hall–Kier alpha value is -3.64. The highest BCUT2D eigenvalue weighted by Crippen LogP contribution is 2.21. The number of urea groups is 1. The fraction of sp³-hybridized carbons (Fsp3) is 0.0870. The summed E-state index contributed by atoms with van der Waals surface area (Å²) in [7, 11) is 0. The normalized spacial score (nSPS) is 10.6. The third-order valence-electron chi connectivity index (χ3n) is 4.64. The van der Waals surface area contributed by atoms with E-state index in [0.717, 1.165) is 22.5 Å². The molecule has 2 N–H and O–H groups in total. The minimum absolute atomic E-state index is 0.322. The van der Waals surface area contributed by atoms with E-state index in [0.29, 0.717) is 22.9 Å². The van der Waals surface area contributed by atoms with Crippen LogP contribution >= 0.6 is 11.6 Å². The molecular weight excluding hydrogens is 398 g/mol. The molecule has 2 heterocycles. The second kappa shape index (κ2) is 8.80. The van der Waals surface area contributed by atoms with Gasteiger partial charge in [0.05, 0.1) is 0 Å². The molecule has 0 saturated heterocycles. The van der Waals surface area contributed by atoms with Crippen molar-refractivity contribution in [2.24, 2.45) is 0 Å². The van der Waals surface area contributed by atoms with Crippen LogP contribution in [0.1, 0.15) is 11.1 Å². The van der Waals surface area contributed by atoms with Crippen molar-refractivity contribution in [2.45, 2.75) is 13.5 Å². The van der Waals surface area contributed by atoms with Gasteiger partial charge in [-0.05, 0) is 54.4 Å². The van der Waals surface area contributed by atoms with Gasteiger partial charge in [0.15, 0.2) is 0 Å². The highest BCUT2D eigenvalue weighted by molar-refractivity contribution is 6.31. The maximum absolute atomic E-state index is 12.4. The lowest BCUT2D eigenvalue weighted by atomic mass is 10.2. The molecule has 6 nitrogen and oxygen atoms in total. The number of hydrogen-bond acceptors (Lipinski definition) is 3. The van der Waals surface area contributed by atoms with Gasteiger partial charge in [-0.25, -0.2) is 9.78 Å². The van der Waals surface area contributed by atoms with E-state index in [9.17, 15) is 4.79 Å². The number of imidazole rings is 1. The predicted molar refractivity (Wildman–Crippen MR) is 120 cm³/mol. The lowest BCUT2D eigenvalue weighted by Crippen LogP contribution is -2.20. The average Bonchev–Trinajstić information content (AvgIpc) is 3.20. The first kappa shape index (κ1) is 19.7. The Morgan fingerprint density at radius 2 is 1.87 bits per heavy atom.